The van der Waals surface area contributed by atoms with E-state index in [2.05, 4.69) is 30.3 Å². The number of rotatable bonds is 10. The molecule has 92 valence electrons. The summed E-state index contributed by atoms with van der Waals surface area (Å²) in [6.07, 6.45) is 3.06. The molecule has 1 atom stereocenters. The highest BCUT2D eigenvalue weighted by molar-refractivity contribution is 7.98. The quantitative estimate of drug-likeness (QED) is 0.554. The topological polar surface area (TPSA) is 35.5 Å². The molecular weight excluding hydrogens is 208 g/mol. The normalized spacial score (nSPS) is 13.4. The van der Waals surface area contributed by atoms with Gasteiger partial charge in [0.1, 0.15) is 0 Å². The van der Waals surface area contributed by atoms with Gasteiger partial charge in [-0.05, 0) is 38.1 Å². The van der Waals surface area contributed by atoms with E-state index in [0.29, 0.717) is 6.54 Å². The molecule has 0 radical (unpaired) electrons. The van der Waals surface area contributed by atoms with Crippen molar-refractivity contribution < 1.29 is 5.11 Å². The average molecular weight is 234 g/mol. The number of hydrogen-bond acceptors (Lipinski definition) is 4. The molecule has 3 nitrogen and oxygen atoms in total. The lowest BCUT2D eigenvalue weighted by Gasteiger charge is -2.22. The van der Waals surface area contributed by atoms with Gasteiger partial charge in [0.25, 0.3) is 0 Å². The van der Waals surface area contributed by atoms with E-state index in [4.69, 9.17) is 0 Å². The van der Waals surface area contributed by atoms with Crippen LogP contribution in [0.25, 0.3) is 0 Å². The van der Waals surface area contributed by atoms with E-state index in [0.717, 1.165) is 26.2 Å². The molecule has 0 fully saturated rings. The van der Waals surface area contributed by atoms with Crippen molar-refractivity contribution in [3.63, 3.8) is 0 Å². The zero-order valence-corrected chi connectivity index (χ0v) is 11.1. The molecule has 1 unspecified atom stereocenters. The van der Waals surface area contributed by atoms with Crippen molar-refractivity contribution in [1.29, 1.82) is 0 Å². The molecule has 0 aromatic carbocycles. The van der Waals surface area contributed by atoms with Crippen LogP contribution in [0.2, 0.25) is 0 Å². The minimum absolute atomic E-state index is 0.237. The number of likely N-dealkylation sites (N-methyl/N-ethyl adjacent to an activating group) is 1. The van der Waals surface area contributed by atoms with Gasteiger partial charge in [-0.15, -0.1) is 0 Å². The smallest absolute Gasteiger partial charge is 0.0791 e. The first-order valence-electron chi connectivity index (χ1n) is 5.84. The highest BCUT2D eigenvalue weighted by atomic mass is 32.2. The molecule has 2 N–H and O–H groups in total. The van der Waals surface area contributed by atoms with Crippen molar-refractivity contribution in [1.82, 2.24) is 10.2 Å². The van der Waals surface area contributed by atoms with Gasteiger partial charge in [-0.2, -0.15) is 11.8 Å². The third-order valence-corrected chi connectivity index (χ3v) is 3.14. The molecule has 0 heterocycles. The summed E-state index contributed by atoms with van der Waals surface area (Å²) in [6, 6.07) is 0. The number of nitrogens with one attached hydrogen (secondary N) is 1. The first-order chi connectivity index (χ1) is 7.24. The van der Waals surface area contributed by atoms with Gasteiger partial charge < -0.3 is 15.3 Å². The third-order valence-electron chi connectivity index (χ3n) is 2.45. The second-order valence-corrected chi connectivity index (χ2v) is 4.68. The number of nitrogens with zero attached hydrogens (tertiary/aromatic N) is 1. The molecule has 0 aliphatic carbocycles. The van der Waals surface area contributed by atoms with Crippen molar-refractivity contribution >= 4 is 11.8 Å². The fourth-order valence-corrected chi connectivity index (χ4v) is 1.89. The lowest BCUT2D eigenvalue weighted by molar-refractivity contribution is 0.117. The van der Waals surface area contributed by atoms with Gasteiger partial charge in [-0.1, -0.05) is 13.8 Å². The zero-order chi connectivity index (χ0) is 11.5. The average Bonchev–Trinajstić information content (AvgIpc) is 2.25. The van der Waals surface area contributed by atoms with Gasteiger partial charge in [0.05, 0.1) is 6.10 Å². The van der Waals surface area contributed by atoms with Crippen molar-refractivity contribution in [3.05, 3.63) is 0 Å². The summed E-state index contributed by atoms with van der Waals surface area (Å²) >= 11 is 1.87. The first kappa shape index (κ1) is 15.2. The van der Waals surface area contributed by atoms with Crippen LogP contribution in [0.4, 0.5) is 0 Å². The van der Waals surface area contributed by atoms with Crippen LogP contribution >= 0.6 is 11.8 Å². The number of aliphatic hydroxyl groups is 1. The highest BCUT2D eigenvalue weighted by Gasteiger charge is 2.07. The Labute approximate surface area is 98.6 Å². The van der Waals surface area contributed by atoms with Crippen molar-refractivity contribution in [2.75, 3.05) is 44.7 Å². The van der Waals surface area contributed by atoms with Gasteiger partial charge >= 0.3 is 0 Å². The molecule has 0 rings (SSSR count). The van der Waals surface area contributed by atoms with Crippen LogP contribution in [-0.2, 0) is 0 Å². The number of aliphatic hydroxyl groups excluding tert-OH is 1. The maximum atomic E-state index is 9.73. The van der Waals surface area contributed by atoms with Crippen molar-refractivity contribution in [3.8, 4) is 0 Å². The van der Waals surface area contributed by atoms with Gasteiger partial charge in [0.2, 0.25) is 0 Å². The molecule has 0 saturated carbocycles. The van der Waals surface area contributed by atoms with Crippen molar-refractivity contribution in [2.24, 2.45) is 0 Å². The van der Waals surface area contributed by atoms with Crippen LogP contribution in [0.1, 0.15) is 20.3 Å². The minimum atomic E-state index is -0.237. The fourth-order valence-electron chi connectivity index (χ4n) is 1.45. The summed E-state index contributed by atoms with van der Waals surface area (Å²) in [5, 5.41) is 13.0. The molecule has 0 aromatic rings. The maximum absolute atomic E-state index is 9.73. The standard InChI is InChI=1S/C11H26N2OS/c1-4-13(5-2)10-11(14)9-12-7-6-8-15-3/h11-12,14H,4-10H2,1-3H3. The number of thioether (sulfide) groups is 1. The van der Waals surface area contributed by atoms with E-state index in [-0.39, 0.29) is 6.10 Å². The molecule has 4 heteroatoms. The van der Waals surface area contributed by atoms with E-state index in [1.165, 1.54) is 12.2 Å². The van der Waals surface area contributed by atoms with Crippen LogP contribution in [0, 0.1) is 0 Å². The van der Waals surface area contributed by atoms with E-state index < -0.39 is 0 Å². The largest absolute Gasteiger partial charge is 0.390 e. The van der Waals surface area contributed by atoms with Crippen LogP contribution in [-0.4, -0.2) is 60.8 Å². The summed E-state index contributed by atoms with van der Waals surface area (Å²) in [5.41, 5.74) is 0. The van der Waals surface area contributed by atoms with E-state index in [1.54, 1.807) is 0 Å². The second-order valence-electron chi connectivity index (χ2n) is 3.69. The molecule has 0 aliphatic rings. The van der Waals surface area contributed by atoms with E-state index >= 15 is 0 Å². The summed E-state index contributed by atoms with van der Waals surface area (Å²) in [6.45, 7) is 8.79. The lowest BCUT2D eigenvalue weighted by atomic mass is 10.3. The van der Waals surface area contributed by atoms with E-state index in [1.807, 2.05) is 11.8 Å². The van der Waals surface area contributed by atoms with Crippen LogP contribution in [0.3, 0.4) is 0 Å². The predicted octanol–water partition coefficient (Wildman–Crippen LogP) is 1.03. The Balaban J connectivity index is 3.35. The summed E-state index contributed by atoms with van der Waals surface area (Å²) < 4.78 is 0. The lowest BCUT2D eigenvalue weighted by Crippen LogP contribution is -2.38. The fraction of sp³-hybridized carbons (Fsp3) is 1.00. The Hall–Kier alpha value is 0.230. The van der Waals surface area contributed by atoms with Crippen LogP contribution in [0.15, 0.2) is 0 Å². The molecule has 0 bridgehead atoms. The number of hydrogen-bond donors (Lipinski definition) is 2. The van der Waals surface area contributed by atoms with Crippen LogP contribution < -0.4 is 5.32 Å². The molecular formula is C11H26N2OS. The van der Waals surface area contributed by atoms with Crippen LogP contribution in [0.5, 0.6) is 0 Å². The second kappa shape index (κ2) is 10.7. The Bertz CT molecular complexity index is 132. The monoisotopic (exact) mass is 234 g/mol. The SMILES string of the molecule is CCN(CC)CC(O)CNCCCSC. The Morgan fingerprint density at radius 1 is 1.33 bits per heavy atom. The Morgan fingerprint density at radius 3 is 2.53 bits per heavy atom. The summed E-state index contributed by atoms with van der Waals surface area (Å²) in [7, 11) is 0. The Morgan fingerprint density at radius 2 is 2.00 bits per heavy atom. The zero-order valence-electron chi connectivity index (χ0n) is 10.3. The van der Waals surface area contributed by atoms with Crippen molar-refractivity contribution in [2.45, 2.75) is 26.4 Å². The van der Waals surface area contributed by atoms with Gasteiger partial charge in [-0.3, -0.25) is 0 Å². The van der Waals surface area contributed by atoms with E-state index in [9.17, 15) is 5.11 Å². The molecule has 0 spiro atoms. The summed E-state index contributed by atoms with van der Waals surface area (Å²) in [4.78, 5) is 2.24. The molecule has 0 saturated heterocycles. The highest BCUT2D eigenvalue weighted by Crippen LogP contribution is 1.94. The maximum Gasteiger partial charge on any atom is 0.0791 e. The summed E-state index contributed by atoms with van der Waals surface area (Å²) in [5.74, 6) is 1.19. The molecule has 0 amide bonds. The molecule has 0 aliphatic heterocycles. The first-order valence-corrected chi connectivity index (χ1v) is 7.24. The van der Waals surface area contributed by atoms with Gasteiger partial charge in [0, 0.05) is 13.1 Å². The third kappa shape index (κ3) is 9.18. The molecule has 15 heavy (non-hydrogen) atoms. The minimum Gasteiger partial charge on any atom is -0.390 e. The van der Waals surface area contributed by atoms with Gasteiger partial charge in [-0.25, -0.2) is 0 Å². The molecule has 0 aromatic heterocycles. The van der Waals surface area contributed by atoms with Gasteiger partial charge in [0.15, 0.2) is 0 Å². The Kier molecular flexibility index (Phi) is 10.9. The predicted molar refractivity (Wildman–Crippen MR) is 69.7 cm³/mol.